The van der Waals surface area contributed by atoms with Gasteiger partial charge in [0.1, 0.15) is 29.5 Å². The molecule has 4 heterocycles. The van der Waals surface area contributed by atoms with Gasteiger partial charge in [-0.15, -0.1) is 12.4 Å². The van der Waals surface area contributed by atoms with Gasteiger partial charge in [-0.05, 0) is 37.4 Å². The molecule has 0 amide bonds. The van der Waals surface area contributed by atoms with E-state index in [-0.39, 0.29) is 24.6 Å². The Balaban J connectivity index is 0.00000231. The average molecular weight is 442 g/mol. The number of pyridine rings is 2. The number of ether oxygens (including phenoxy) is 1. The molecule has 1 aliphatic heterocycles. The first-order valence-corrected chi connectivity index (χ1v) is 9.76. The second kappa shape index (κ2) is 8.53. The van der Waals surface area contributed by atoms with Crippen LogP contribution < -0.4 is 10.3 Å². The van der Waals surface area contributed by atoms with E-state index in [4.69, 9.17) is 9.15 Å². The van der Waals surface area contributed by atoms with Crippen LogP contribution in [0.3, 0.4) is 0 Å². The van der Waals surface area contributed by atoms with E-state index in [1.54, 1.807) is 22.9 Å². The van der Waals surface area contributed by atoms with Gasteiger partial charge in [0.05, 0.1) is 17.6 Å². The Hall–Kier alpha value is -3.16. The second-order valence-electron chi connectivity index (χ2n) is 7.50. The molecule has 1 aliphatic rings. The molecule has 31 heavy (non-hydrogen) atoms. The summed E-state index contributed by atoms with van der Waals surface area (Å²) in [7, 11) is 2.10. The normalized spacial score (nSPS) is 13.6. The number of fused-ring (bicyclic) bond motifs is 3. The molecule has 0 radical (unpaired) electrons. The van der Waals surface area contributed by atoms with E-state index in [1.165, 1.54) is 17.7 Å². The predicted molar refractivity (Wildman–Crippen MR) is 118 cm³/mol. The summed E-state index contributed by atoms with van der Waals surface area (Å²) in [5, 5.41) is 1.10. The fourth-order valence-electron chi connectivity index (χ4n) is 3.77. The van der Waals surface area contributed by atoms with Gasteiger partial charge in [-0.3, -0.25) is 14.3 Å². The van der Waals surface area contributed by atoms with E-state index in [1.807, 2.05) is 18.2 Å². The topological polar surface area (TPSA) is 60.5 Å². The molecule has 4 aromatic rings. The Morgan fingerprint density at radius 1 is 1.19 bits per heavy atom. The van der Waals surface area contributed by atoms with Gasteiger partial charge in [-0.2, -0.15) is 0 Å². The van der Waals surface area contributed by atoms with E-state index < -0.39 is 5.82 Å². The predicted octanol–water partition coefficient (Wildman–Crippen LogP) is 4.11. The number of furan rings is 1. The molecule has 160 valence electrons. The van der Waals surface area contributed by atoms with Gasteiger partial charge in [0.2, 0.25) is 0 Å². The van der Waals surface area contributed by atoms with Gasteiger partial charge in [-0.25, -0.2) is 4.39 Å². The molecule has 0 atom stereocenters. The van der Waals surface area contributed by atoms with Crippen molar-refractivity contribution in [3.63, 3.8) is 0 Å². The third-order valence-electron chi connectivity index (χ3n) is 5.35. The van der Waals surface area contributed by atoms with Crippen LogP contribution in [0.1, 0.15) is 17.0 Å². The smallest absolute Gasteiger partial charge is 0.258 e. The maximum absolute atomic E-state index is 12.9. The highest BCUT2D eigenvalue weighted by molar-refractivity contribution is 5.85. The van der Waals surface area contributed by atoms with Gasteiger partial charge in [-0.1, -0.05) is 0 Å². The quantitative estimate of drug-likeness (QED) is 0.477. The van der Waals surface area contributed by atoms with Crippen LogP contribution in [0.2, 0.25) is 0 Å². The van der Waals surface area contributed by atoms with Crippen LogP contribution in [0.4, 0.5) is 4.39 Å². The van der Waals surface area contributed by atoms with E-state index in [0.29, 0.717) is 11.4 Å². The van der Waals surface area contributed by atoms with Crippen molar-refractivity contribution in [3.8, 4) is 11.4 Å². The molecule has 0 spiro atoms. The lowest BCUT2D eigenvalue weighted by atomic mass is 10.1. The summed E-state index contributed by atoms with van der Waals surface area (Å²) in [4.78, 5) is 18.9. The number of likely N-dealkylation sites (N-methyl/N-ethyl adjacent to an activating group) is 1. The lowest BCUT2D eigenvalue weighted by molar-refractivity contribution is 0.296. The largest absolute Gasteiger partial charge is 0.487 e. The number of halogens is 2. The summed E-state index contributed by atoms with van der Waals surface area (Å²) in [6.07, 6.45) is 3.70. The first kappa shape index (κ1) is 21.1. The summed E-state index contributed by atoms with van der Waals surface area (Å²) in [6, 6.07) is 11.9. The number of hydrogen-bond donors (Lipinski definition) is 0. The lowest BCUT2D eigenvalue weighted by Crippen LogP contribution is -2.25. The van der Waals surface area contributed by atoms with Crippen LogP contribution in [0.5, 0.6) is 5.75 Å². The first-order chi connectivity index (χ1) is 14.6. The fourth-order valence-corrected chi connectivity index (χ4v) is 3.77. The molecular formula is C23H21ClFN3O3. The molecular weight excluding hydrogens is 421 g/mol. The molecule has 6 nitrogen and oxygen atoms in total. The summed E-state index contributed by atoms with van der Waals surface area (Å²) in [5.74, 6) is 1.06. The summed E-state index contributed by atoms with van der Waals surface area (Å²) in [5.41, 5.74) is 3.13. The van der Waals surface area contributed by atoms with Gasteiger partial charge in [0, 0.05) is 48.8 Å². The number of benzene rings is 1. The Labute approximate surface area is 184 Å². The lowest BCUT2D eigenvalue weighted by Gasteiger charge is -2.21. The zero-order valence-electron chi connectivity index (χ0n) is 16.9. The highest BCUT2D eigenvalue weighted by Gasteiger charge is 2.20. The molecule has 0 saturated heterocycles. The van der Waals surface area contributed by atoms with Crippen LogP contribution in [-0.4, -0.2) is 28.0 Å². The van der Waals surface area contributed by atoms with Crippen molar-refractivity contribution in [2.24, 2.45) is 0 Å². The van der Waals surface area contributed by atoms with Gasteiger partial charge >= 0.3 is 0 Å². The van der Waals surface area contributed by atoms with Crippen LogP contribution in [0.25, 0.3) is 16.7 Å². The maximum atomic E-state index is 12.9. The molecule has 3 aromatic heterocycles. The highest BCUT2D eigenvalue weighted by atomic mass is 35.5. The van der Waals surface area contributed by atoms with E-state index in [2.05, 4.69) is 16.9 Å². The van der Waals surface area contributed by atoms with E-state index >= 15 is 0 Å². The zero-order chi connectivity index (χ0) is 20.7. The monoisotopic (exact) mass is 441 g/mol. The number of rotatable bonds is 4. The molecule has 1 aromatic carbocycles. The Bertz CT molecular complexity index is 1280. The van der Waals surface area contributed by atoms with Crippen LogP contribution in [0.15, 0.2) is 64.1 Å². The van der Waals surface area contributed by atoms with Crippen molar-refractivity contribution in [2.75, 3.05) is 13.6 Å². The zero-order valence-corrected chi connectivity index (χ0v) is 17.7. The average Bonchev–Trinajstić information content (AvgIpc) is 3.10. The van der Waals surface area contributed by atoms with Crippen molar-refractivity contribution >= 4 is 23.4 Å². The summed E-state index contributed by atoms with van der Waals surface area (Å²) in [6.45, 7) is 2.01. The molecule has 0 aliphatic carbocycles. The SMILES string of the molecule is CN1CCc2oc3cc(-n4ccc(OCc5ccc(F)cn5)cc4=O)ccc3c2C1.Cl. The molecule has 5 rings (SSSR count). The fraction of sp³-hybridized carbons (Fsp3) is 0.217. The molecule has 0 bridgehead atoms. The van der Waals surface area contributed by atoms with Crippen LogP contribution in [-0.2, 0) is 19.6 Å². The molecule has 8 heteroatoms. The second-order valence-corrected chi connectivity index (χ2v) is 7.50. The highest BCUT2D eigenvalue weighted by Crippen LogP contribution is 2.31. The molecule has 0 saturated carbocycles. The maximum Gasteiger partial charge on any atom is 0.258 e. The van der Waals surface area contributed by atoms with Crippen molar-refractivity contribution < 1.29 is 13.5 Å². The minimum atomic E-state index is -0.400. The Kier molecular flexibility index (Phi) is 5.80. The molecule has 0 fully saturated rings. The number of aromatic nitrogens is 2. The van der Waals surface area contributed by atoms with Crippen molar-refractivity contribution in [1.29, 1.82) is 0 Å². The summed E-state index contributed by atoms with van der Waals surface area (Å²) < 4.78 is 26.2. The van der Waals surface area contributed by atoms with Gasteiger partial charge in [0.25, 0.3) is 5.56 Å². The van der Waals surface area contributed by atoms with Gasteiger partial charge in [0.15, 0.2) is 0 Å². The van der Waals surface area contributed by atoms with Crippen LogP contribution in [0, 0.1) is 5.82 Å². The molecule has 0 N–H and O–H groups in total. The van der Waals surface area contributed by atoms with Crippen molar-refractivity contribution in [1.82, 2.24) is 14.5 Å². The van der Waals surface area contributed by atoms with E-state index in [0.717, 1.165) is 48.1 Å². The van der Waals surface area contributed by atoms with Crippen LogP contribution >= 0.6 is 12.4 Å². The third-order valence-corrected chi connectivity index (χ3v) is 5.35. The Morgan fingerprint density at radius 2 is 2.06 bits per heavy atom. The third kappa shape index (κ3) is 4.19. The summed E-state index contributed by atoms with van der Waals surface area (Å²) >= 11 is 0. The molecule has 0 unspecified atom stereocenters. The number of hydrogen-bond acceptors (Lipinski definition) is 5. The van der Waals surface area contributed by atoms with Crippen molar-refractivity contribution in [2.45, 2.75) is 19.6 Å². The van der Waals surface area contributed by atoms with E-state index in [9.17, 15) is 9.18 Å². The minimum absolute atomic E-state index is 0. The minimum Gasteiger partial charge on any atom is -0.487 e. The van der Waals surface area contributed by atoms with Crippen molar-refractivity contribution in [3.05, 3.63) is 88.0 Å². The Morgan fingerprint density at radius 3 is 2.84 bits per heavy atom. The number of nitrogens with zero attached hydrogens (tertiary/aromatic N) is 3. The van der Waals surface area contributed by atoms with Gasteiger partial charge < -0.3 is 14.1 Å². The first-order valence-electron chi connectivity index (χ1n) is 9.76. The standard InChI is InChI=1S/C23H20FN3O3.ClH/c1-26-8-7-21-20(13-26)19-5-4-17(10-22(19)30-21)27-9-6-18(11-23(27)28)29-14-16-3-2-15(24)12-25-16;/h2-6,9-12H,7-8,13-14H2,1H3;1H.